The first kappa shape index (κ1) is 15.1. The topological polar surface area (TPSA) is 44.1 Å². The maximum Gasteiger partial charge on any atom is 1.00 e. The van der Waals surface area contributed by atoms with E-state index in [0.717, 1.165) is 16.6 Å². The molecule has 2 aromatic rings. The molecule has 0 unspecified atom stereocenters. The van der Waals surface area contributed by atoms with Crippen molar-refractivity contribution in [1.82, 2.24) is 9.55 Å². The van der Waals surface area contributed by atoms with Gasteiger partial charge in [-0.1, -0.05) is 12.1 Å². The van der Waals surface area contributed by atoms with Crippen molar-refractivity contribution in [2.24, 2.45) is 0 Å². The fourth-order valence-corrected chi connectivity index (χ4v) is 2.04. The molecule has 1 heterocycles. The molecule has 1 aromatic heterocycles. The maximum absolute atomic E-state index is 11.1. The number of aromatic nitrogens is 2. The molecule has 2 rings (SSSR count). The van der Waals surface area contributed by atoms with E-state index in [-0.39, 0.29) is 32.7 Å². The van der Waals surface area contributed by atoms with Crippen molar-refractivity contribution in [2.75, 3.05) is 7.11 Å². The van der Waals surface area contributed by atoms with Crippen LogP contribution in [-0.4, -0.2) is 22.6 Å². The van der Waals surface area contributed by atoms with E-state index in [9.17, 15) is 4.79 Å². The molecule has 0 bridgehead atoms. The normalized spacial score (nSPS) is 10.2. The average Bonchev–Trinajstić information content (AvgIpc) is 2.64. The molecule has 0 radical (unpaired) electrons. The number of carbonyl (C=O) groups is 1. The first-order chi connectivity index (χ1) is 8.13. The van der Waals surface area contributed by atoms with Gasteiger partial charge in [0.15, 0.2) is 0 Å². The first-order valence-corrected chi connectivity index (χ1v) is 5.69. The summed E-state index contributed by atoms with van der Waals surface area (Å²) in [5, 5.41) is 0.401. The van der Waals surface area contributed by atoms with Crippen LogP contribution in [-0.2, 0) is 16.1 Å². The SMILES string of the molecule is COC(=O)CCn1c(Cl)nc2c(C)cccc21.[H-].[Li+]. The van der Waals surface area contributed by atoms with Crippen molar-refractivity contribution >= 4 is 28.6 Å². The molecule has 0 aliphatic rings. The van der Waals surface area contributed by atoms with E-state index in [4.69, 9.17) is 11.6 Å². The number of esters is 1. The van der Waals surface area contributed by atoms with Crippen molar-refractivity contribution in [3.8, 4) is 0 Å². The third-order valence-corrected chi connectivity index (χ3v) is 2.99. The fourth-order valence-electron chi connectivity index (χ4n) is 1.78. The molecule has 0 spiro atoms. The number of halogens is 1. The minimum atomic E-state index is -0.254. The monoisotopic (exact) mass is 260 g/mol. The third kappa shape index (κ3) is 2.89. The number of para-hydroxylation sites is 1. The van der Waals surface area contributed by atoms with Gasteiger partial charge in [0.1, 0.15) is 0 Å². The molecule has 6 heteroatoms. The van der Waals surface area contributed by atoms with Crippen LogP contribution in [0.2, 0.25) is 5.28 Å². The molecule has 0 saturated heterocycles. The molecular weight excluding hydrogens is 247 g/mol. The van der Waals surface area contributed by atoms with Crippen LogP contribution in [0.1, 0.15) is 13.4 Å². The van der Waals surface area contributed by atoms with Crippen LogP contribution in [0.5, 0.6) is 0 Å². The first-order valence-electron chi connectivity index (χ1n) is 5.31. The van der Waals surface area contributed by atoms with Crippen LogP contribution < -0.4 is 18.9 Å². The van der Waals surface area contributed by atoms with Gasteiger partial charge in [-0.15, -0.1) is 0 Å². The van der Waals surface area contributed by atoms with Gasteiger partial charge in [0.25, 0.3) is 0 Å². The summed E-state index contributed by atoms with van der Waals surface area (Å²) in [5.74, 6) is -0.254. The summed E-state index contributed by atoms with van der Waals surface area (Å²) in [6.45, 7) is 2.46. The molecule has 0 N–H and O–H groups in total. The summed E-state index contributed by atoms with van der Waals surface area (Å²) in [4.78, 5) is 15.4. The zero-order chi connectivity index (χ0) is 12.4. The van der Waals surface area contributed by atoms with Gasteiger partial charge < -0.3 is 10.7 Å². The van der Waals surface area contributed by atoms with Crippen LogP contribution >= 0.6 is 11.6 Å². The van der Waals surface area contributed by atoms with Gasteiger partial charge in [-0.3, -0.25) is 4.79 Å². The van der Waals surface area contributed by atoms with Crippen LogP contribution in [0.15, 0.2) is 18.2 Å². The van der Waals surface area contributed by atoms with Crippen LogP contribution in [0, 0.1) is 6.92 Å². The summed E-state index contributed by atoms with van der Waals surface area (Å²) in [5.41, 5.74) is 2.89. The Hall–Kier alpha value is -0.953. The predicted molar refractivity (Wildman–Crippen MR) is 67.2 cm³/mol. The minimum Gasteiger partial charge on any atom is -1.00 e. The van der Waals surface area contributed by atoms with Crippen molar-refractivity contribution in [2.45, 2.75) is 19.9 Å². The number of rotatable bonds is 3. The molecular formula is C12H14ClLiN2O2. The van der Waals surface area contributed by atoms with Gasteiger partial charge in [-0.2, -0.15) is 0 Å². The molecule has 92 valence electrons. The molecule has 1 aromatic carbocycles. The van der Waals surface area contributed by atoms with Crippen molar-refractivity contribution in [1.29, 1.82) is 0 Å². The minimum absolute atomic E-state index is 0. The molecule has 18 heavy (non-hydrogen) atoms. The molecule has 0 aliphatic carbocycles. The van der Waals surface area contributed by atoms with Gasteiger partial charge in [-0.25, -0.2) is 4.98 Å². The van der Waals surface area contributed by atoms with Gasteiger partial charge in [0.2, 0.25) is 5.28 Å². The summed E-state index contributed by atoms with van der Waals surface area (Å²) in [7, 11) is 1.38. The van der Waals surface area contributed by atoms with E-state index >= 15 is 0 Å². The van der Waals surface area contributed by atoms with E-state index in [1.807, 2.05) is 29.7 Å². The number of benzene rings is 1. The Bertz CT molecular complexity index is 574. The summed E-state index contributed by atoms with van der Waals surface area (Å²) < 4.78 is 6.43. The summed E-state index contributed by atoms with van der Waals surface area (Å²) in [6, 6.07) is 5.87. The largest absolute Gasteiger partial charge is 1.00 e. The average molecular weight is 261 g/mol. The Kier molecular flexibility index (Phi) is 5.27. The van der Waals surface area contributed by atoms with E-state index in [0.29, 0.717) is 11.8 Å². The number of methoxy groups -OCH3 is 1. The Morgan fingerprint density at radius 2 is 2.28 bits per heavy atom. The second-order valence-electron chi connectivity index (χ2n) is 3.80. The van der Waals surface area contributed by atoms with E-state index in [2.05, 4.69) is 9.72 Å². The fraction of sp³-hybridized carbons (Fsp3) is 0.333. The van der Waals surface area contributed by atoms with Gasteiger partial charge >= 0.3 is 24.8 Å². The standard InChI is InChI=1S/C12H13ClN2O2.Li.H/c1-8-4-3-5-9-11(8)14-12(13)15(9)7-6-10(16)17-2;;/h3-5H,6-7H2,1-2H3;;/q;+1;-1. The number of ether oxygens (including phenoxy) is 1. The van der Waals surface area contributed by atoms with Crippen molar-refractivity contribution in [3.05, 3.63) is 29.0 Å². The molecule has 0 aliphatic heterocycles. The smallest absolute Gasteiger partial charge is 1.00 e. The van der Waals surface area contributed by atoms with Crippen LogP contribution in [0.3, 0.4) is 0 Å². The number of carbonyl (C=O) groups excluding carboxylic acids is 1. The number of hydrogen-bond acceptors (Lipinski definition) is 3. The summed E-state index contributed by atoms with van der Waals surface area (Å²) in [6.07, 6.45) is 0.287. The Balaban J connectivity index is 0.00000162. The Labute approximate surface area is 124 Å². The summed E-state index contributed by atoms with van der Waals surface area (Å²) >= 11 is 6.07. The van der Waals surface area contributed by atoms with Crippen molar-refractivity contribution in [3.63, 3.8) is 0 Å². The van der Waals surface area contributed by atoms with Gasteiger partial charge in [0.05, 0.1) is 24.6 Å². The maximum atomic E-state index is 11.1. The Morgan fingerprint density at radius 3 is 2.94 bits per heavy atom. The van der Waals surface area contributed by atoms with Crippen LogP contribution in [0.25, 0.3) is 11.0 Å². The molecule has 0 atom stereocenters. The molecule has 0 fully saturated rings. The van der Waals surface area contributed by atoms with Gasteiger partial charge in [-0.05, 0) is 30.2 Å². The third-order valence-electron chi connectivity index (χ3n) is 2.70. The number of nitrogens with zero attached hydrogens (tertiary/aromatic N) is 2. The van der Waals surface area contributed by atoms with Gasteiger partial charge in [0, 0.05) is 6.54 Å². The number of fused-ring (bicyclic) bond motifs is 1. The molecule has 4 nitrogen and oxygen atoms in total. The molecule has 0 amide bonds. The van der Waals surface area contributed by atoms with E-state index < -0.39 is 0 Å². The molecule has 0 saturated carbocycles. The number of imidazole rings is 1. The Morgan fingerprint density at radius 1 is 1.56 bits per heavy atom. The second-order valence-corrected chi connectivity index (χ2v) is 4.14. The zero-order valence-electron chi connectivity index (χ0n) is 11.7. The second kappa shape index (κ2) is 6.28. The number of aryl methyl sites for hydroxylation is 2. The quantitative estimate of drug-likeness (QED) is 0.561. The van der Waals surface area contributed by atoms with E-state index in [1.165, 1.54) is 7.11 Å². The van der Waals surface area contributed by atoms with E-state index in [1.54, 1.807) is 0 Å². The predicted octanol–water partition coefficient (Wildman–Crippen LogP) is -0.322. The zero-order valence-corrected chi connectivity index (χ0v) is 11.5. The van der Waals surface area contributed by atoms with Crippen LogP contribution in [0.4, 0.5) is 0 Å². The number of hydrogen-bond donors (Lipinski definition) is 0. The van der Waals surface area contributed by atoms with Crippen molar-refractivity contribution < 1.29 is 29.8 Å².